The number of ketones is 1. The molecule has 1 saturated carbocycles. The number of alkyl carbamates (subject to hydrolysis) is 1. The van der Waals surface area contributed by atoms with Gasteiger partial charge >= 0.3 is 6.09 Å². The summed E-state index contributed by atoms with van der Waals surface area (Å²) in [6.45, 7) is 2.30. The first-order chi connectivity index (χ1) is 23.5. The molecule has 1 amide bonds. The van der Waals surface area contributed by atoms with E-state index in [4.69, 9.17) is 16.3 Å². The van der Waals surface area contributed by atoms with Gasteiger partial charge in [0.1, 0.15) is 12.4 Å². The summed E-state index contributed by atoms with van der Waals surface area (Å²) in [5.74, 6) is -0.248. The highest BCUT2D eigenvalue weighted by Gasteiger charge is 2.43. The number of nitrogens with one attached hydrogen (secondary N) is 1. The summed E-state index contributed by atoms with van der Waals surface area (Å²) >= 11 is 6.97. The van der Waals surface area contributed by atoms with E-state index in [2.05, 4.69) is 72.9 Å². The SMILES string of the molecule is Cc1ccc(C(CC(=O)[C@@H]2CCCC[C@H]2NC(=O)OCC2c3ccccc3-c3ccccc32)(c2ccccc2)c2ccccc2Cl)cc1. The standard InChI is InChI=1S/C43H40ClNO3/c1-29-23-25-31(26-24-29)43(30-13-3-2-4-14-30,38-20-10-11-21-39(38)44)27-41(46)36-19-9-12-22-40(36)45-42(47)48-28-37-34-17-7-5-15-32(34)33-16-6-8-18-35(33)37/h2-8,10-11,13-18,20-21,23-26,36-37,40H,9,12,19,22,27-28H2,1H3,(H,45,47)/t36-,40-,43?/m1/s1. The molecule has 5 heteroatoms. The maximum atomic E-state index is 14.7. The number of ether oxygens (including phenoxy) is 1. The van der Waals surface area contributed by atoms with Crippen molar-refractivity contribution in [2.75, 3.05) is 6.61 Å². The van der Waals surface area contributed by atoms with Gasteiger partial charge in [-0.05, 0) is 64.8 Å². The highest BCUT2D eigenvalue weighted by Crippen LogP contribution is 2.47. The highest BCUT2D eigenvalue weighted by atomic mass is 35.5. The molecule has 3 atom stereocenters. The lowest BCUT2D eigenvalue weighted by Gasteiger charge is -2.39. The summed E-state index contributed by atoms with van der Waals surface area (Å²) in [6, 6.07) is 42.8. The van der Waals surface area contributed by atoms with Crippen LogP contribution in [0.2, 0.25) is 5.02 Å². The number of carbonyl (C=O) groups is 2. The summed E-state index contributed by atoms with van der Waals surface area (Å²) < 4.78 is 5.93. The van der Waals surface area contributed by atoms with E-state index in [0.29, 0.717) is 11.4 Å². The Morgan fingerprint density at radius 2 is 1.31 bits per heavy atom. The Morgan fingerprint density at radius 1 is 0.729 bits per heavy atom. The van der Waals surface area contributed by atoms with E-state index in [1.165, 1.54) is 22.3 Å². The van der Waals surface area contributed by atoms with Crippen LogP contribution < -0.4 is 5.32 Å². The minimum Gasteiger partial charge on any atom is -0.449 e. The Morgan fingerprint density at radius 3 is 2.00 bits per heavy atom. The Labute approximate surface area is 288 Å². The van der Waals surface area contributed by atoms with Crippen molar-refractivity contribution in [1.82, 2.24) is 5.32 Å². The number of rotatable bonds is 9. The van der Waals surface area contributed by atoms with Gasteiger partial charge in [0, 0.05) is 29.3 Å². The zero-order valence-corrected chi connectivity index (χ0v) is 28.0. The number of fused-ring (bicyclic) bond motifs is 3. The molecule has 0 spiro atoms. The summed E-state index contributed by atoms with van der Waals surface area (Å²) in [6.07, 6.45) is 3.08. The maximum absolute atomic E-state index is 14.7. The predicted octanol–water partition coefficient (Wildman–Crippen LogP) is 10.0. The van der Waals surface area contributed by atoms with Crippen LogP contribution in [0.25, 0.3) is 11.1 Å². The van der Waals surface area contributed by atoms with Crippen molar-refractivity contribution in [2.24, 2.45) is 5.92 Å². The van der Waals surface area contributed by atoms with Crippen LogP contribution in [-0.4, -0.2) is 24.5 Å². The Hall–Kier alpha value is -4.67. The van der Waals surface area contributed by atoms with Gasteiger partial charge in [0.05, 0.1) is 5.41 Å². The lowest BCUT2D eigenvalue weighted by molar-refractivity contribution is -0.125. The average molecular weight is 654 g/mol. The zero-order valence-electron chi connectivity index (χ0n) is 27.2. The van der Waals surface area contributed by atoms with Crippen molar-refractivity contribution >= 4 is 23.5 Å². The van der Waals surface area contributed by atoms with Gasteiger partial charge in [0.25, 0.3) is 0 Å². The quantitative estimate of drug-likeness (QED) is 0.161. The number of Topliss-reactive ketones (excluding diaryl/α,β-unsaturated/α-hetero) is 1. The third-order valence-electron chi connectivity index (χ3n) is 10.4. The Bertz CT molecular complexity index is 1880. The molecule has 0 radical (unpaired) electrons. The molecular weight excluding hydrogens is 614 g/mol. The Balaban J connectivity index is 1.15. The first-order valence-electron chi connectivity index (χ1n) is 17.0. The van der Waals surface area contributed by atoms with Crippen molar-refractivity contribution in [3.63, 3.8) is 0 Å². The molecule has 1 N–H and O–H groups in total. The maximum Gasteiger partial charge on any atom is 0.407 e. The van der Waals surface area contributed by atoms with E-state index in [0.717, 1.165) is 41.5 Å². The van der Waals surface area contributed by atoms with Crippen LogP contribution in [0.5, 0.6) is 0 Å². The molecule has 5 aromatic carbocycles. The fourth-order valence-electron chi connectivity index (χ4n) is 8.02. The molecule has 0 bridgehead atoms. The first-order valence-corrected chi connectivity index (χ1v) is 17.4. The molecule has 0 saturated heterocycles. The van der Waals surface area contributed by atoms with Crippen LogP contribution in [-0.2, 0) is 14.9 Å². The van der Waals surface area contributed by atoms with Crippen molar-refractivity contribution < 1.29 is 14.3 Å². The highest BCUT2D eigenvalue weighted by molar-refractivity contribution is 6.31. The monoisotopic (exact) mass is 653 g/mol. The third-order valence-corrected chi connectivity index (χ3v) is 10.7. The van der Waals surface area contributed by atoms with Gasteiger partial charge in [-0.25, -0.2) is 4.79 Å². The minimum absolute atomic E-state index is 0.0245. The van der Waals surface area contributed by atoms with Gasteiger partial charge in [-0.15, -0.1) is 0 Å². The lowest BCUT2D eigenvalue weighted by Crippen LogP contribution is -2.47. The molecule has 4 nitrogen and oxygen atoms in total. The van der Waals surface area contributed by atoms with E-state index in [1.807, 2.05) is 66.7 Å². The van der Waals surface area contributed by atoms with Crippen molar-refractivity contribution in [2.45, 2.75) is 56.4 Å². The normalized spacial score (nSPS) is 18.3. The molecule has 7 rings (SSSR count). The van der Waals surface area contributed by atoms with Crippen LogP contribution >= 0.6 is 11.6 Å². The fourth-order valence-corrected chi connectivity index (χ4v) is 8.32. The third kappa shape index (κ3) is 6.06. The molecule has 2 aliphatic carbocycles. The average Bonchev–Trinajstić information content (AvgIpc) is 3.44. The molecule has 242 valence electrons. The van der Waals surface area contributed by atoms with E-state index in [9.17, 15) is 9.59 Å². The predicted molar refractivity (Wildman–Crippen MR) is 193 cm³/mol. The van der Waals surface area contributed by atoms with Gasteiger partial charge < -0.3 is 10.1 Å². The summed E-state index contributed by atoms with van der Waals surface area (Å²) in [4.78, 5) is 28.1. The fraction of sp³-hybridized carbons (Fsp3) is 0.256. The molecule has 0 heterocycles. The molecular formula is C43H40ClNO3. The summed E-state index contributed by atoms with van der Waals surface area (Å²) in [5.41, 5.74) is 7.97. The first kappa shape index (κ1) is 31.9. The number of amides is 1. The van der Waals surface area contributed by atoms with E-state index >= 15 is 0 Å². The van der Waals surface area contributed by atoms with Gasteiger partial charge in [-0.3, -0.25) is 4.79 Å². The van der Waals surface area contributed by atoms with E-state index in [-0.39, 0.29) is 36.7 Å². The second-order valence-electron chi connectivity index (χ2n) is 13.2. The topological polar surface area (TPSA) is 55.4 Å². The molecule has 0 aromatic heterocycles. The lowest BCUT2D eigenvalue weighted by atomic mass is 9.64. The molecule has 5 aromatic rings. The number of halogens is 1. The van der Waals surface area contributed by atoms with Crippen molar-refractivity contribution in [1.29, 1.82) is 0 Å². The molecule has 2 aliphatic rings. The number of hydrogen-bond acceptors (Lipinski definition) is 3. The van der Waals surface area contributed by atoms with E-state index in [1.54, 1.807) is 0 Å². The van der Waals surface area contributed by atoms with Gasteiger partial charge in [-0.2, -0.15) is 0 Å². The van der Waals surface area contributed by atoms with Crippen LogP contribution in [0.4, 0.5) is 4.79 Å². The van der Waals surface area contributed by atoms with Gasteiger partial charge in [0.15, 0.2) is 0 Å². The smallest absolute Gasteiger partial charge is 0.407 e. The van der Waals surface area contributed by atoms with Crippen molar-refractivity contribution in [3.8, 4) is 11.1 Å². The van der Waals surface area contributed by atoms with Crippen LogP contribution in [0.3, 0.4) is 0 Å². The van der Waals surface area contributed by atoms with Gasteiger partial charge in [0.2, 0.25) is 0 Å². The van der Waals surface area contributed by atoms with Crippen LogP contribution in [0.15, 0.2) is 127 Å². The van der Waals surface area contributed by atoms with Crippen LogP contribution in [0.1, 0.15) is 71.4 Å². The Kier molecular flexibility index (Phi) is 9.19. The van der Waals surface area contributed by atoms with Crippen molar-refractivity contribution in [3.05, 3.63) is 166 Å². The molecule has 48 heavy (non-hydrogen) atoms. The van der Waals surface area contributed by atoms with E-state index < -0.39 is 11.5 Å². The number of benzene rings is 5. The second kappa shape index (κ2) is 13.8. The zero-order chi connectivity index (χ0) is 33.1. The molecule has 0 aliphatic heterocycles. The molecule has 1 fully saturated rings. The summed E-state index contributed by atoms with van der Waals surface area (Å²) in [7, 11) is 0. The number of aryl methyl sites for hydroxylation is 1. The second-order valence-corrected chi connectivity index (χ2v) is 13.6. The van der Waals surface area contributed by atoms with Crippen LogP contribution in [0, 0.1) is 12.8 Å². The number of hydrogen-bond donors (Lipinski definition) is 1. The van der Waals surface area contributed by atoms with Gasteiger partial charge in [-0.1, -0.05) is 151 Å². The largest absolute Gasteiger partial charge is 0.449 e. The number of carbonyl (C=O) groups excluding carboxylic acids is 2. The summed E-state index contributed by atoms with van der Waals surface area (Å²) in [5, 5.41) is 3.75. The minimum atomic E-state index is -0.809. The molecule has 1 unspecified atom stereocenters.